The second kappa shape index (κ2) is 8.66. The standard InChI is InChI=1S/C14H21F2N3O2/c1-10(19(5-6-20)9-13(15)16)14(21)18-12-4-2-3-11(7-12)8-17/h2-4,7,10,13,20H,5-6,8-9,17H2,1H3,(H,18,21). The minimum Gasteiger partial charge on any atom is -0.395 e. The van der Waals surface area contributed by atoms with Crippen molar-refractivity contribution in [1.29, 1.82) is 0 Å². The van der Waals surface area contributed by atoms with Gasteiger partial charge in [-0.05, 0) is 24.6 Å². The van der Waals surface area contributed by atoms with Gasteiger partial charge >= 0.3 is 0 Å². The topological polar surface area (TPSA) is 78.6 Å². The van der Waals surface area contributed by atoms with E-state index in [0.717, 1.165) is 5.56 Å². The molecule has 118 valence electrons. The fourth-order valence-electron chi connectivity index (χ4n) is 1.94. The van der Waals surface area contributed by atoms with Crippen LogP contribution in [0.5, 0.6) is 0 Å². The summed E-state index contributed by atoms with van der Waals surface area (Å²) in [6.45, 7) is 1.05. The summed E-state index contributed by atoms with van der Waals surface area (Å²) in [6, 6.07) is 6.25. The molecule has 4 N–H and O–H groups in total. The molecule has 1 rings (SSSR count). The summed E-state index contributed by atoms with van der Waals surface area (Å²) < 4.78 is 25.0. The van der Waals surface area contributed by atoms with Crippen LogP contribution in [-0.2, 0) is 11.3 Å². The van der Waals surface area contributed by atoms with E-state index in [1.807, 2.05) is 6.07 Å². The average molecular weight is 301 g/mol. The molecule has 7 heteroatoms. The van der Waals surface area contributed by atoms with Gasteiger partial charge in [-0.25, -0.2) is 8.78 Å². The highest BCUT2D eigenvalue weighted by atomic mass is 19.3. The summed E-state index contributed by atoms with van der Waals surface area (Å²) in [5.74, 6) is -0.404. The van der Waals surface area contributed by atoms with Crippen LogP contribution in [-0.4, -0.2) is 48.1 Å². The Balaban J connectivity index is 2.70. The van der Waals surface area contributed by atoms with Gasteiger partial charge in [-0.3, -0.25) is 9.69 Å². The highest BCUT2D eigenvalue weighted by Crippen LogP contribution is 2.12. The van der Waals surface area contributed by atoms with E-state index in [9.17, 15) is 13.6 Å². The van der Waals surface area contributed by atoms with Gasteiger partial charge in [0, 0.05) is 18.8 Å². The maximum absolute atomic E-state index is 12.5. The van der Waals surface area contributed by atoms with Crippen LogP contribution >= 0.6 is 0 Å². The zero-order chi connectivity index (χ0) is 15.8. The van der Waals surface area contributed by atoms with Crippen LogP contribution in [0, 0.1) is 0 Å². The molecule has 0 heterocycles. The monoisotopic (exact) mass is 301 g/mol. The molecule has 1 aromatic rings. The van der Waals surface area contributed by atoms with E-state index in [2.05, 4.69) is 5.32 Å². The van der Waals surface area contributed by atoms with Crippen molar-refractivity contribution in [3.8, 4) is 0 Å². The van der Waals surface area contributed by atoms with E-state index in [4.69, 9.17) is 10.8 Å². The van der Waals surface area contributed by atoms with E-state index in [1.54, 1.807) is 18.2 Å². The van der Waals surface area contributed by atoms with Crippen LogP contribution in [0.2, 0.25) is 0 Å². The maximum Gasteiger partial charge on any atom is 0.251 e. The van der Waals surface area contributed by atoms with Crippen LogP contribution in [0.25, 0.3) is 0 Å². The van der Waals surface area contributed by atoms with Crippen molar-refractivity contribution < 1.29 is 18.7 Å². The Morgan fingerprint density at radius 2 is 2.19 bits per heavy atom. The molecule has 0 radical (unpaired) electrons. The number of nitrogens with one attached hydrogen (secondary N) is 1. The molecule has 1 unspecified atom stereocenters. The van der Waals surface area contributed by atoms with Gasteiger partial charge in [-0.2, -0.15) is 0 Å². The number of hydrogen-bond donors (Lipinski definition) is 3. The molecule has 1 atom stereocenters. The minimum atomic E-state index is -2.56. The molecule has 0 spiro atoms. The number of halogens is 2. The van der Waals surface area contributed by atoms with Crippen molar-refractivity contribution in [2.75, 3.05) is 25.0 Å². The highest BCUT2D eigenvalue weighted by molar-refractivity contribution is 5.94. The molecule has 0 fully saturated rings. The molecule has 0 aliphatic heterocycles. The Bertz CT molecular complexity index is 458. The number of nitrogens with two attached hydrogens (primary N) is 1. The van der Waals surface area contributed by atoms with Crippen molar-refractivity contribution >= 4 is 11.6 Å². The number of amides is 1. The normalized spacial score (nSPS) is 12.7. The first-order chi connectivity index (χ1) is 9.97. The summed E-state index contributed by atoms with van der Waals surface area (Å²) in [5, 5.41) is 11.6. The minimum absolute atomic E-state index is 0.0156. The first-order valence-electron chi connectivity index (χ1n) is 6.70. The Labute approximate surface area is 122 Å². The summed E-state index contributed by atoms with van der Waals surface area (Å²) in [5.41, 5.74) is 6.95. The number of nitrogens with zero attached hydrogens (tertiary/aromatic N) is 1. The Kier molecular flexibility index (Phi) is 7.21. The molecular formula is C14H21F2N3O2. The third-order valence-electron chi connectivity index (χ3n) is 3.12. The lowest BCUT2D eigenvalue weighted by Crippen LogP contribution is -2.45. The number of anilines is 1. The van der Waals surface area contributed by atoms with Gasteiger partial charge in [-0.15, -0.1) is 0 Å². The highest BCUT2D eigenvalue weighted by Gasteiger charge is 2.23. The molecular weight excluding hydrogens is 280 g/mol. The van der Waals surface area contributed by atoms with Crippen LogP contribution in [0.15, 0.2) is 24.3 Å². The van der Waals surface area contributed by atoms with Crippen molar-refractivity contribution in [2.24, 2.45) is 5.73 Å². The van der Waals surface area contributed by atoms with Gasteiger partial charge in [0.15, 0.2) is 0 Å². The molecule has 0 aliphatic rings. The lowest BCUT2D eigenvalue weighted by molar-refractivity contribution is -0.121. The van der Waals surface area contributed by atoms with Gasteiger partial charge in [0.1, 0.15) is 0 Å². The number of alkyl halides is 2. The number of carbonyl (C=O) groups is 1. The van der Waals surface area contributed by atoms with Gasteiger partial charge in [0.25, 0.3) is 6.43 Å². The number of carbonyl (C=O) groups excluding carboxylic acids is 1. The summed E-state index contributed by atoms with van der Waals surface area (Å²) >= 11 is 0. The average Bonchev–Trinajstić information content (AvgIpc) is 2.45. The Hall–Kier alpha value is -1.57. The van der Waals surface area contributed by atoms with Crippen molar-refractivity contribution in [1.82, 2.24) is 4.90 Å². The summed E-state index contributed by atoms with van der Waals surface area (Å²) in [6.07, 6.45) is -2.56. The number of hydrogen-bond acceptors (Lipinski definition) is 4. The second-order valence-corrected chi connectivity index (χ2v) is 4.68. The molecule has 1 aromatic carbocycles. The first kappa shape index (κ1) is 17.5. The molecule has 0 bridgehead atoms. The zero-order valence-corrected chi connectivity index (χ0v) is 11.9. The lowest BCUT2D eigenvalue weighted by atomic mass is 10.2. The summed E-state index contributed by atoms with van der Waals surface area (Å²) in [4.78, 5) is 13.3. The van der Waals surface area contributed by atoms with E-state index < -0.39 is 24.9 Å². The predicted molar refractivity (Wildman–Crippen MR) is 77.1 cm³/mol. The quantitative estimate of drug-likeness (QED) is 0.670. The third kappa shape index (κ3) is 5.74. The molecule has 0 aliphatic carbocycles. The number of aliphatic hydroxyl groups is 1. The van der Waals surface area contributed by atoms with Gasteiger partial charge in [0.2, 0.25) is 5.91 Å². The second-order valence-electron chi connectivity index (χ2n) is 4.68. The number of aliphatic hydroxyl groups excluding tert-OH is 1. The SMILES string of the molecule is CC(C(=O)Nc1cccc(CN)c1)N(CCO)CC(F)F. The summed E-state index contributed by atoms with van der Waals surface area (Å²) in [7, 11) is 0. The number of rotatable bonds is 8. The van der Waals surface area contributed by atoms with E-state index in [0.29, 0.717) is 12.2 Å². The molecule has 1 amide bonds. The van der Waals surface area contributed by atoms with Gasteiger partial charge in [-0.1, -0.05) is 12.1 Å². The molecule has 21 heavy (non-hydrogen) atoms. The van der Waals surface area contributed by atoms with Gasteiger partial charge in [0.05, 0.1) is 19.2 Å². The van der Waals surface area contributed by atoms with Crippen molar-refractivity contribution in [3.05, 3.63) is 29.8 Å². The van der Waals surface area contributed by atoms with Crippen LogP contribution in [0.1, 0.15) is 12.5 Å². The fraction of sp³-hybridized carbons (Fsp3) is 0.500. The largest absolute Gasteiger partial charge is 0.395 e. The van der Waals surface area contributed by atoms with E-state index >= 15 is 0 Å². The van der Waals surface area contributed by atoms with E-state index in [-0.39, 0.29) is 13.2 Å². The van der Waals surface area contributed by atoms with Crippen LogP contribution < -0.4 is 11.1 Å². The van der Waals surface area contributed by atoms with Crippen molar-refractivity contribution in [2.45, 2.75) is 25.9 Å². The van der Waals surface area contributed by atoms with Crippen molar-refractivity contribution in [3.63, 3.8) is 0 Å². The van der Waals surface area contributed by atoms with Gasteiger partial charge < -0.3 is 16.2 Å². The first-order valence-corrected chi connectivity index (χ1v) is 6.70. The predicted octanol–water partition coefficient (Wildman–Crippen LogP) is 1.03. The zero-order valence-electron chi connectivity index (χ0n) is 11.9. The molecule has 0 saturated heterocycles. The maximum atomic E-state index is 12.5. The molecule has 0 saturated carbocycles. The van der Waals surface area contributed by atoms with Crippen LogP contribution in [0.3, 0.4) is 0 Å². The molecule has 0 aromatic heterocycles. The molecule has 5 nitrogen and oxygen atoms in total. The smallest absolute Gasteiger partial charge is 0.251 e. The Morgan fingerprint density at radius 1 is 1.48 bits per heavy atom. The van der Waals surface area contributed by atoms with Crippen LogP contribution in [0.4, 0.5) is 14.5 Å². The Morgan fingerprint density at radius 3 is 2.76 bits per heavy atom. The lowest BCUT2D eigenvalue weighted by Gasteiger charge is -2.27. The number of benzene rings is 1. The fourth-order valence-corrected chi connectivity index (χ4v) is 1.94. The third-order valence-corrected chi connectivity index (χ3v) is 3.12. The van der Waals surface area contributed by atoms with E-state index in [1.165, 1.54) is 11.8 Å².